The van der Waals surface area contributed by atoms with E-state index < -0.39 is 0 Å². The molecule has 148 valence electrons. The highest BCUT2D eigenvalue weighted by molar-refractivity contribution is 5.80. The van der Waals surface area contributed by atoms with Crippen LogP contribution in [0.2, 0.25) is 0 Å². The van der Waals surface area contributed by atoms with Crippen LogP contribution >= 0.6 is 0 Å². The maximum absolute atomic E-state index is 12.7. The molecule has 0 aromatic heterocycles. The smallest absolute Gasteiger partial charge is 0.227 e. The molecule has 2 aliphatic rings. The van der Waals surface area contributed by atoms with Crippen LogP contribution in [0, 0.1) is 5.92 Å². The molecule has 0 radical (unpaired) electrons. The minimum atomic E-state index is 0.103. The molecule has 0 aliphatic carbocycles. The van der Waals surface area contributed by atoms with Gasteiger partial charge in [0.15, 0.2) is 0 Å². The molecule has 2 heterocycles. The van der Waals surface area contributed by atoms with Crippen LogP contribution in [0.1, 0.15) is 37.7 Å². The Morgan fingerprint density at radius 3 is 2.26 bits per heavy atom. The lowest BCUT2D eigenvalue weighted by Crippen LogP contribution is -2.40. The van der Waals surface area contributed by atoms with Crippen molar-refractivity contribution in [1.29, 1.82) is 0 Å². The maximum atomic E-state index is 12.7. The maximum Gasteiger partial charge on any atom is 0.227 e. The van der Waals surface area contributed by atoms with E-state index in [0.29, 0.717) is 30.4 Å². The van der Waals surface area contributed by atoms with E-state index in [1.807, 2.05) is 28.0 Å². The zero-order chi connectivity index (χ0) is 19.2. The number of likely N-dealkylation sites (tertiary alicyclic amines) is 2. The fourth-order valence-corrected chi connectivity index (χ4v) is 4.02. The van der Waals surface area contributed by atoms with E-state index in [9.17, 15) is 9.59 Å². The van der Waals surface area contributed by atoms with E-state index in [0.717, 1.165) is 63.2 Å². The monoisotopic (exact) mass is 374 g/mol. The molecule has 27 heavy (non-hydrogen) atoms. The van der Waals surface area contributed by atoms with Gasteiger partial charge >= 0.3 is 0 Å². The van der Waals surface area contributed by atoms with Crippen LogP contribution in [-0.2, 0) is 16.0 Å². The molecule has 0 N–H and O–H groups in total. The summed E-state index contributed by atoms with van der Waals surface area (Å²) in [6.45, 7) is 3.28. The lowest BCUT2D eigenvalue weighted by Gasteiger charge is -2.32. The van der Waals surface area contributed by atoms with Gasteiger partial charge in [0.25, 0.3) is 0 Å². The third kappa shape index (κ3) is 4.93. The first kappa shape index (κ1) is 19.5. The van der Waals surface area contributed by atoms with Crippen LogP contribution in [0.4, 0.5) is 0 Å². The molecule has 1 aromatic carbocycles. The van der Waals surface area contributed by atoms with Gasteiger partial charge in [-0.15, -0.1) is 0 Å². The zero-order valence-electron chi connectivity index (χ0n) is 16.4. The molecule has 6 heteroatoms. The second-order valence-corrected chi connectivity index (χ2v) is 7.47. The Balaban J connectivity index is 1.50. The second-order valence-electron chi connectivity index (χ2n) is 7.47. The highest BCUT2D eigenvalue weighted by Gasteiger charge is 2.27. The Bertz CT molecular complexity index is 662. The van der Waals surface area contributed by atoms with Crippen molar-refractivity contribution in [3.63, 3.8) is 0 Å². The van der Waals surface area contributed by atoms with Crippen molar-refractivity contribution in [1.82, 2.24) is 9.80 Å². The van der Waals surface area contributed by atoms with Gasteiger partial charge < -0.3 is 19.3 Å². The summed E-state index contributed by atoms with van der Waals surface area (Å²) in [6.07, 6.45) is 5.00. The summed E-state index contributed by atoms with van der Waals surface area (Å²) in [6, 6.07) is 5.52. The first-order valence-corrected chi connectivity index (χ1v) is 9.87. The quantitative estimate of drug-likeness (QED) is 0.768. The molecule has 0 bridgehead atoms. The number of ether oxygens (including phenoxy) is 2. The number of hydrogen-bond acceptors (Lipinski definition) is 4. The summed E-state index contributed by atoms with van der Waals surface area (Å²) in [5.74, 6) is 2.21. The normalized spacial score (nSPS) is 17.9. The lowest BCUT2D eigenvalue weighted by atomic mass is 9.92. The highest BCUT2D eigenvalue weighted by Crippen LogP contribution is 2.27. The molecule has 2 saturated heterocycles. The van der Waals surface area contributed by atoms with Gasteiger partial charge in [-0.25, -0.2) is 0 Å². The van der Waals surface area contributed by atoms with Crippen molar-refractivity contribution in [2.75, 3.05) is 40.4 Å². The molecular weight excluding hydrogens is 344 g/mol. The number of hydrogen-bond donors (Lipinski definition) is 0. The predicted octanol–water partition coefficient (Wildman–Crippen LogP) is 2.50. The number of carbonyl (C=O) groups is 2. The Morgan fingerprint density at radius 1 is 0.963 bits per heavy atom. The number of carbonyl (C=O) groups excluding carboxylic acids is 2. The third-order valence-corrected chi connectivity index (χ3v) is 5.72. The Kier molecular flexibility index (Phi) is 6.58. The summed E-state index contributed by atoms with van der Waals surface area (Å²) in [4.78, 5) is 29.0. The summed E-state index contributed by atoms with van der Waals surface area (Å²) in [5.41, 5.74) is 0.841. The fraction of sp³-hybridized carbons (Fsp3) is 0.619. The molecule has 0 atom stereocenters. The lowest BCUT2D eigenvalue weighted by molar-refractivity contribution is -0.133. The van der Waals surface area contributed by atoms with Crippen LogP contribution in [0.3, 0.4) is 0 Å². The number of rotatable bonds is 6. The standard InChI is InChI=1S/C21H30N2O4/c1-26-18-5-6-19(27-2)17(14-18)15-21(25)23-11-7-16(8-12-23)13-20(24)22-9-3-4-10-22/h5-6,14,16H,3-4,7-13,15H2,1-2H3. The number of amides is 2. The number of piperidine rings is 1. The molecule has 3 rings (SSSR count). The van der Waals surface area contributed by atoms with Crippen molar-refractivity contribution < 1.29 is 19.1 Å². The Morgan fingerprint density at radius 2 is 1.63 bits per heavy atom. The molecule has 6 nitrogen and oxygen atoms in total. The molecule has 1 aromatic rings. The van der Waals surface area contributed by atoms with E-state index in [2.05, 4.69) is 0 Å². The zero-order valence-corrected chi connectivity index (χ0v) is 16.4. The summed E-state index contributed by atoms with van der Waals surface area (Å²) >= 11 is 0. The van der Waals surface area contributed by atoms with Gasteiger partial charge in [0.2, 0.25) is 11.8 Å². The molecule has 2 fully saturated rings. The average molecular weight is 374 g/mol. The second kappa shape index (κ2) is 9.11. The first-order chi connectivity index (χ1) is 13.1. The summed E-state index contributed by atoms with van der Waals surface area (Å²) < 4.78 is 10.6. The number of benzene rings is 1. The largest absolute Gasteiger partial charge is 0.497 e. The first-order valence-electron chi connectivity index (χ1n) is 9.87. The third-order valence-electron chi connectivity index (χ3n) is 5.72. The van der Waals surface area contributed by atoms with Gasteiger partial charge in [-0.2, -0.15) is 0 Å². The van der Waals surface area contributed by atoms with Crippen LogP contribution in [-0.4, -0.2) is 62.0 Å². The van der Waals surface area contributed by atoms with Crippen LogP contribution in [0.25, 0.3) is 0 Å². The Labute approximate surface area is 161 Å². The average Bonchev–Trinajstić information content (AvgIpc) is 3.23. The minimum Gasteiger partial charge on any atom is -0.497 e. The van der Waals surface area contributed by atoms with E-state index in [1.54, 1.807) is 14.2 Å². The predicted molar refractivity (Wildman–Crippen MR) is 103 cm³/mol. The van der Waals surface area contributed by atoms with Crippen molar-refractivity contribution in [3.05, 3.63) is 23.8 Å². The molecule has 0 spiro atoms. The molecule has 2 aliphatic heterocycles. The summed E-state index contributed by atoms with van der Waals surface area (Å²) in [5, 5.41) is 0. The Hall–Kier alpha value is -2.24. The highest BCUT2D eigenvalue weighted by atomic mass is 16.5. The van der Waals surface area contributed by atoms with Gasteiger partial charge in [0.1, 0.15) is 11.5 Å². The topological polar surface area (TPSA) is 59.1 Å². The van der Waals surface area contributed by atoms with Crippen molar-refractivity contribution in [2.45, 2.75) is 38.5 Å². The van der Waals surface area contributed by atoms with Gasteiger partial charge in [0, 0.05) is 38.2 Å². The summed E-state index contributed by atoms with van der Waals surface area (Å²) in [7, 11) is 3.22. The van der Waals surface area contributed by atoms with Gasteiger partial charge in [-0.05, 0) is 49.8 Å². The van der Waals surface area contributed by atoms with E-state index in [4.69, 9.17) is 9.47 Å². The molecule has 0 unspecified atom stereocenters. The van der Waals surface area contributed by atoms with Gasteiger partial charge in [0.05, 0.1) is 20.6 Å². The minimum absolute atomic E-state index is 0.103. The van der Waals surface area contributed by atoms with Crippen LogP contribution in [0.15, 0.2) is 18.2 Å². The van der Waals surface area contributed by atoms with Crippen molar-refractivity contribution >= 4 is 11.8 Å². The number of methoxy groups -OCH3 is 2. The van der Waals surface area contributed by atoms with Crippen LogP contribution in [0.5, 0.6) is 11.5 Å². The molecule has 2 amide bonds. The van der Waals surface area contributed by atoms with Crippen molar-refractivity contribution in [3.8, 4) is 11.5 Å². The van der Waals surface area contributed by atoms with Gasteiger partial charge in [-0.1, -0.05) is 0 Å². The fourth-order valence-electron chi connectivity index (χ4n) is 4.02. The number of nitrogens with zero attached hydrogens (tertiary/aromatic N) is 2. The van der Waals surface area contributed by atoms with E-state index >= 15 is 0 Å². The van der Waals surface area contributed by atoms with Crippen LogP contribution < -0.4 is 9.47 Å². The molecular formula is C21H30N2O4. The van der Waals surface area contributed by atoms with E-state index in [1.165, 1.54) is 0 Å². The molecule has 0 saturated carbocycles. The SMILES string of the molecule is COc1ccc(OC)c(CC(=O)N2CCC(CC(=O)N3CCCC3)CC2)c1. The van der Waals surface area contributed by atoms with Crippen molar-refractivity contribution in [2.24, 2.45) is 5.92 Å². The van der Waals surface area contributed by atoms with Gasteiger partial charge in [-0.3, -0.25) is 9.59 Å². The van der Waals surface area contributed by atoms with E-state index in [-0.39, 0.29) is 5.91 Å².